The fourth-order valence-corrected chi connectivity index (χ4v) is 4.78. The second kappa shape index (κ2) is 6.99. The molecule has 9 heteroatoms. The van der Waals surface area contributed by atoms with Gasteiger partial charge in [0, 0.05) is 43.1 Å². The minimum Gasteiger partial charge on any atom is -0.351 e. The minimum absolute atomic E-state index is 0.0329. The molecule has 2 aromatic carbocycles. The second-order valence-electron chi connectivity index (χ2n) is 6.54. The van der Waals surface area contributed by atoms with Crippen LogP contribution in [-0.4, -0.2) is 54.7 Å². The number of amides is 1. The number of benzene rings is 2. The van der Waals surface area contributed by atoms with Gasteiger partial charge in [0.1, 0.15) is 22.2 Å². The van der Waals surface area contributed by atoms with E-state index in [2.05, 4.69) is 4.98 Å². The summed E-state index contributed by atoms with van der Waals surface area (Å²) in [4.78, 5) is 16.8. The number of fused-ring (bicyclic) bond motifs is 1. The summed E-state index contributed by atoms with van der Waals surface area (Å²) in [6.45, 7) is 0.419. The monoisotopic (exact) mass is 405 g/mol. The lowest BCUT2D eigenvalue weighted by Gasteiger charge is -2.33. The third-order valence-electron chi connectivity index (χ3n) is 4.80. The Morgan fingerprint density at radius 1 is 0.964 bits per heavy atom. The molecule has 0 radical (unpaired) electrons. The molecule has 1 aliphatic rings. The van der Waals surface area contributed by atoms with Gasteiger partial charge in [-0.15, -0.1) is 0 Å². The lowest BCUT2D eigenvalue weighted by Crippen LogP contribution is -2.50. The van der Waals surface area contributed by atoms with Crippen molar-refractivity contribution in [3.05, 3.63) is 65.9 Å². The lowest BCUT2D eigenvalue weighted by atomic mass is 10.2. The zero-order chi connectivity index (χ0) is 19.9. The number of halogens is 2. The molecule has 3 aromatic rings. The van der Waals surface area contributed by atoms with Crippen LogP contribution in [0.2, 0.25) is 0 Å². The van der Waals surface area contributed by atoms with Crippen LogP contribution < -0.4 is 0 Å². The number of aromatic nitrogens is 1. The predicted octanol–water partition coefficient (Wildman–Crippen LogP) is 2.59. The summed E-state index contributed by atoms with van der Waals surface area (Å²) in [7, 11) is -4.10. The maximum absolute atomic E-state index is 13.9. The molecule has 1 aromatic heterocycles. The van der Waals surface area contributed by atoms with Crippen LogP contribution in [0.1, 0.15) is 10.5 Å². The predicted molar refractivity (Wildman–Crippen MR) is 99.3 cm³/mol. The van der Waals surface area contributed by atoms with E-state index >= 15 is 0 Å². The number of sulfonamides is 1. The largest absolute Gasteiger partial charge is 0.351 e. The fraction of sp³-hybridized carbons (Fsp3) is 0.211. The number of hydrogen-bond donors (Lipinski definition) is 1. The van der Waals surface area contributed by atoms with E-state index in [4.69, 9.17) is 0 Å². The topological polar surface area (TPSA) is 73.5 Å². The highest BCUT2D eigenvalue weighted by Crippen LogP contribution is 2.22. The van der Waals surface area contributed by atoms with Gasteiger partial charge in [-0.25, -0.2) is 17.2 Å². The molecule has 1 saturated heterocycles. The standard InChI is InChI=1S/C19H17F2N3O3S/c20-14-5-6-18(15(21)12-14)28(26,27)24-9-7-23(8-10-24)19(25)17-11-13-3-1-2-4-16(13)22-17/h1-6,11-12,22H,7-10H2. The number of aromatic amines is 1. The molecule has 0 aliphatic carbocycles. The molecule has 6 nitrogen and oxygen atoms in total. The number of nitrogens with one attached hydrogen (secondary N) is 1. The minimum atomic E-state index is -4.10. The normalized spacial score (nSPS) is 15.9. The third-order valence-corrected chi connectivity index (χ3v) is 6.73. The Bertz CT molecular complexity index is 1120. The molecule has 1 amide bonds. The Kier molecular flexibility index (Phi) is 4.64. The SMILES string of the molecule is O=C(c1cc2ccccc2[nH]1)N1CCN(S(=O)(=O)c2ccc(F)cc2F)CC1. The Hall–Kier alpha value is -2.78. The molecule has 1 aliphatic heterocycles. The van der Waals surface area contributed by atoms with E-state index in [1.807, 2.05) is 24.3 Å². The number of carbonyl (C=O) groups is 1. The van der Waals surface area contributed by atoms with Gasteiger partial charge in [-0.3, -0.25) is 4.79 Å². The Morgan fingerprint density at radius 2 is 1.68 bits per heavy atom. The first-order valence-electron chi connectivity index (χ1n) is 8.68. The summed E-state index contributed by atoms with van der Waals surface area (Å²) in [5.74, 6) is -2.19. The van der Waals surface area contributed by atoms with Gasteiger partial charge in [-0.05, 0) is 24.3 Å². The number of nitrogens with zero attached hydrogens (tertiary/aromatic N) is 2. The van der Waals surface area contributed by atoms with Crippen molar-refractivity contribution >= 4 is 26.8 Å². The van der Waals surface area contributed by atoms with Crippen LogP contribution in [0.4, 0.5) is 8.78 Å². The summed E-state index contributed by atoms with van der Waals surface area (Å²) in [5, 5.41) is 0.916. The van der Waals surface area contributed by atoms with E-state index in [1.54, 1.807) is 11.0 Å². The molecule has 1 fully saturated rings. The zero-order valence-corrected chi connectivity index (χ0v) is 15.5. The smallest absolute Gasteiger partial charge is 0.270 e. The van der Waals surface area contributed by atoms with Crippen LogP contribution in [0.3, 0.4) is 0 Å². The molecule has 146 valence electrons. The lowest BCUT2D eigenvalue weighted by molar-refractivity contribution is 0.0693. The molecular formula is C19H17F2N3O3S. The Balaban J connectivity index is 1.48. The summed E-state index contributed by atoms with van der Waals surface area (Å²) in [5.41, 5.74) is 1.28. The first-order chi connectivity index (χ1) is 13.4. The van der Waals surface area contributed by atoms with Crippen LogP contribution in [0, 0.1) is 11.6 Å². The van der Waals surface area contributed by atoms with Gasteiger partial charge in [0.2, 0.25) is 10.0 Å². The number of H-pyrrole nitrogens is 1. The maximum Gasteiger partial charge on any atom is 0.270 e. The van der Waals surface area contributed by atoms with Gasteiger partial charge in [-0.1, -0.05) is 18.2 Å². The third kappa shape index (κ3) is 3.27. The van der Waals surface area contributed by atoms with Crippen LogP contribution >= 0.6 is 0 Å². The molecule has 0 spiro atoms. The van der Waals surface area contributed by atoms with E-state index in [-0.39, 0.29) is 32.1 Å². The quantitative estimate of drug-likeness (QED) is 0.728. The molecule has 2 heterocycles. The Labute approximate surface area is 160 Å². The first-order valence-corrected chi connectivity index (χ1v) is 10.1. The van der Waals surface area contributed by atoms with Crippen LogP contribution in [0.15, 0.2) is 53.4 Å². The maximum atomic E-state index is 13.9. The van der Waals surface area contributed by atoms with Crippen molar-refractivity contribution in [2.45, 2.75) is 4.90 Å². The van der Waals surface area contributed by atoms with E-state index in [0.717, 1.165) is 27.3 Å². The number of hydrogen-bond acceptors (Lipinski definition) is 3. The second-order valence-corrected chi connectivity index (χ2v) is 8.45. The first kappa shape index (κ1) is 18.6. The van der Waals surface area contributed by atoms with E-state index < -0.39 is 26.6 Å². The average Bonchev–Trinajstić information content (AvgIpc) is 3.11. The molecule has 0 bridgehead atoms. The number of piperazine rings is 1. The summed E-state index contributed by atoms with van der Waals surface area (Å²) in [6.07, 6.45) is 0. The average molecular weight is 405 g/mol. The van der Waals surface area contributed by atoms with Crippen molar-refractivity contribution < 1.29 is 22.0 Å². The Morgan fingerprint density at radius 3 is 2.36 bits per heavy atom. The van der Waals surface area contributed by atoms with Gasteiger partial charge < -0.3 is 9.88 Å². The highest BCUT2D eigenvalue weighted by molar-refractivity contribution is 7.89. The van der Waals surface area contributed by atoms with Crippen LogP contribution in [-0.2, 0) is 10.0 Å². The highest BCUT2D eigenvalue weighted by Gasteiger charge is 2.32. The highest BCUT2D eigenvalue weighted by atomic mass is 32.2. The molecule has 28 heavy (non-hydrogen) atoms. The number of carbonyl (C=O) groups excluding carboxylic acids is 1. The van der Waals surface area contributed by atoms with Crippen molar-refractivity contribution in [3.8, 4) is 0 Å². The van der Waals surface area contributed by atoms with Gasteiger partial charge in [0.25, 0.3) is 5.91 Å². The van der Waals surface area contributed by atoms with Crippen molar-refractivity contribution in [2.24, 2.45) is 0 Å². The zero-order valence-electron chi connectivity index (χ0n) is 14.7. The summed E-state index contributed by atoms with van der Waals surface area (Å²) >= 11 is 0. The summed E-state index contributed by atoms with van der Waals surface area (Å²) < 4.78 is 53.4. The molecular weight excluding hydrogens is 388 g/mol. The number of rotatable bonds is 3. The molecule has 0 unspecified atom stereocenters. The summed E-state index contributed by atoms with van der Waals surface area (Å²) in [6, 6.07) is 11.6. The van der Waals surface area contributed by atoms with Crippen molar-refractivity contribution in [3.63, 3.8) is 0 Å². The number of para-hydroxylation sites is 1. The van der Waals surface area contributed by atoms with Crippen LogP contribution in [0.5, 0.6) is 0 Å². The van der Waals surface area contributed by atoms with E-state index in [9.17, 15) is 22.0 Å². The van der Waals surface area contributed by atoms with Crippen LogP contribution in [0.25, 0.3) is 10.9 Å². The van der Waals surface area contributed by atoms with Gasteiger partial charge in [0.05, 0.1) is 0 Å². The molecule has 0 atom stereocenters. The van der Waals surface area contributed by atoms with Gasteiger partial charge in [0.15, 0.2) is 0 Å². The van der Waals surface area contributed by atoms with Crippen molar-refractivity contribution in [1.29, 1.82) is 0 Å². The van der Waals surface area contributed by atoms with E-state index in [1.165, 1.54) is 0 Å². The molecule has 1 N–H and O–H groups in total. The van der Waals surface area contributed by atoms with Crippen molar-refractivity contribution in [2.75, 3.05) is 26.2 Å². The van der Waals surface area contributed by atoms with Gasteiger partial charge >= 0.3 is 0 Å². The fourth-order valence-electron chi connectivity index (χ4n) is 3.31. The van der Waals surface area contributed by atoms with Crippen molar-refractivity contribution in [1.82, 2.24) is 14.2 Å². The van der Waals surface area contributed by atoms with Gasteiger partial charge in [-0.2, -0.15) is 4.31 Å². The van der Waals surface area contributed by atoms with E-state index in [0.29, 0.717) is 11.8 Å². The molecule has 0 saturated carbocycles. The molecule has 4 rings (SSSR count).